The first-order valence-electron chi connectivity index (χ1n) is 10.7. The minimum absolute atomic E-state index is 0.0363. The number of nitrogens with zero attached hydrogens (tertiary/aromatic N) is 4. The van der Waals surface area contributed by atoms with Crippen LogP contribution in [0.25, 0.3) is 0 Å². The zero-order chi connectivity index (χ0) is 20.1. The molecule has 0 spiro atoms. The minimum atomic E-state index is 0.0363. The number of rotatable bonds is 6. The maximum absolute atomic E-state index is 12.9. The van der Waals surface area contributed by atoms with Gasteiger partial charge in [-0.3, -0.25) is 9.59 Å². The van der Waals surface area contributed by atoms with Gasteiger partial charge in [0.25, 0.3) is 0 Å². The Morgan fingerprint density at radius 3 is 2.36 bits per heavy atom. The molecule has 0 N–H and O–H groups in total. The Kier molecular flexibility index (Phi) is 7.10. The van der Waals surface area contributed by atoms with E-state index in [0.29, 0.717) is 31.7 Å². The number of aromatic nitrogens is 2. The minimum Gasteiger partial charge on any atom is -0.372 e. The van der Waals surface area contributed by atoms with E-state index in [0.717, 1.165) is 44.6 Å². The number of carbonyl (C=O) groups is 2. The third kappa shape index (κ3) is 4.74. The third-order valence-electron chi connectivity index (χ3n) is 6.05. The molecule has 0 aliphatic carbocycles. The predicted molar refractivity (Wildman–Crippen MR) is 107 cm³/mol. The summed E-state index contributed by atoms with van der Waals surface area (Å²) in [5.74, 6) is 1.94. The highest BCUT2D eigenvalue weighted by Crippen LogP contribution is 2.30. The van der Waals surface area contributed by atoms with Crippen LogP contribution in [0.1, 0.15) is 64.2 Å². The first-order chi connectivity index (χ1) is 13.5. The molecule has 0 saturated carbocycles. The van der Waals surface area contributed by atoms with Crippen LogP contribution >= 0.6 is 0 Å². The Hall–Kier alpha value is -1.89. The van der Waals surface area contributed by atoms with Crippen molar-refractivity contribution in [3.05, 3.63) is 18.2 Å². The average Bonchev–Trinajstić information content (AvgIpc) is 3.22. The Morgan fingerprint density at radius 2 is 1.75 bits per heavy atom. The highest BCUT2D eigenvalue weighted by Gasteiger charge is 2.33. The van der Waals surface area contributed by atoms with Crippen LogP contribution in [0.5, 0.6) is 0 Å². The molecule has 2 aliphatic rings. The average molecular weight is 391 g/mol. The Bertz CT molecular complexity index is 656. The van der Waals surface area contributed by atoms with Crippen molar-refractivity contribution in [2.45, 2.75) is 58.4 Å². The van der Waals surface area contributed by atoms with Crippen LogP contribution in [0, 0.1) is 5.92 Å². The molecule has 3 rings (SSSR count). The number of piperidine rings is 2. The SMILES string of the molecule is CCOCC(=O)N1CCC(C(=O)N2CCC(c3nccn3C(C)C)CC2)CC1. The predicted octanol–water partition coefficient (Wildman–Crippen LogP) is 2.45. The lowest BCUT2D eigenvalue weighted by atomic mass is 9.91. The van der Waals surface area contributed by atoms with Crippen molar-refractivity contribution in [1.82, 2.24) is 19.4 Å². The molecule has 0 unspecified atom stereocenters. The Labute approximate surface area is 168 Å². The van der Waals surface area contributed by atoms with Gasteiger partial charge in [0.05, 0.1) is 0 Å². The van der Waals surface area contributed by atoms with E-state index in [-0.39, 0.29) is 24.3 Å². The zero-order valence-corrected chi connectivity index (χ0v) is 17.5. The van der Waals surface area contributed by atoms with Crippen molar-refractivity contribution >= 4 is 11.8 Å². The number of amides is 2. The van der Waals surface area contributed by atoms with E-state index < -0.39 is 0 Å². The van der Waals surface area contributed by atoms with Gasteiger partial charge in [0.1, 0.15) is 12.4 Å². The lowest BCUT2D eigenvalue weighted by Crippen LogP contribution is -2.47. The van der Waals surface area contributed by atoms with Crippen molar-refractivity contribution in [2.24, 2.45) is 5.92 Å². The number of likely N-dealkylation sites (tertiary alicyclic amines) is 2. The molecule has 7 heteroatoms. The summed E-state index contributed by atoms with van der Waals surface area (Å²) in [6.07, 6.45) is 7.40. The second kappa shape index (κ2) is 9.54. The molecular weight excluding hydrogens is 356 g/mol. The van der Waals surface area contributed by atoms with Crippen molar-refractivity contribution < 1.29 is 14.3 Å². The van der Waals surface area contributed by atoms with Gasteiger partial charge in [-0.15, -0.1) is 0 Å². The summed E-state index contributed by atoms with van der Waals surface area (Å²) in [6.45, 7) is 9.86. The van der Waals surface area contributed by atoms with Crippen LogP contribution in [0.3, 0.4) is 0 Å². The van der Waals surface area contributed by atoms with Gasteiger partial charge in [0, 0.05) is 63.1 Å². The number of ether oxygens (including phenoxy) is 1. The fourth-order valence-corrected chi connectivity index (χ4v) is 4.35. The van der Waals surface area contributed by atoms with E-state index in [2.05, 4.69) is 29.6 Å². The highest BCUT2D eigenvalue weighted by molar-refractivity contribution is 5.80. The molecule has 2 aliphatic heterocycles. The third-order valence-corrected chi connectivity index (χ3v) is 6.05. The van der Waals surface area contributed by atoms with Crippen LogP contribution in [-0.4, -0.2) is 70.6 Å². The molecular formula is C21H34N4O3. The summed E-state index contributed by atoms with van der Waals surface area (Å²) in [5.41, 5.74) is 0. The lowest BCUT2D eigenvalue weighted by molar-refractivity contribution is -0.143. The molecule has 156 valence electrons. The summed E-state index contributed by atoms with van der Waals surface area (Å²) in [7, 11) is 0. The Balaban J connectivity index is 1.47. The second-order valence-electron chi connectivity index (χ2n) is 8.18. The van der Waals surface area contributed by atoms with Gasteiger partial charge in [-0.25, -0.2) is 4.98 Å². The van der Waals surface area contributed by atoms with E-state index in [1.165, 1.54) is 0 Å². The van der Waals surface area contributed by atoms with Gasteiger partial charge in [0.15, 0.2) is 0 Å². The molecule has 28 heavy (non-hydrogen) atoms. The first-order valence-corrected chi connectivity index (χ1v) is 10.7. The molecule has 2 fully saturated rings. The summed E-state index contributed by atoms with van der Waals surface area (Å²) >= 11 is 0. The van der Waals surface area contributed by atoms with Gasteiger partial charge < -0.3 is 19.1 Å². The van der Waals surface area contributed by atoms with Gasteiger partial charge in [0.2, 0.25) is 11.8 Å². The van der Waals surface area contributed by atoms with Crippen molar-refractivity contribution in [3.63, 3.8) is 0 Å². The quantitative estimate of drug-likeness (QED) is 0.748. The topological polar surface area (TPSA) is 67.7 Å². The maximum Gasteiger partial charge on any atom is 0.248 e. The first kappa shape index (κ1) is 20.8. The van der Waals surface area contributed by atoms with Gasteiger partial charge in [-0.1, -0.05) is 0 Å². The molecule has 0 radical (unpaired) electrons. The largest absolute Gasteiger partial charge is 0.372 e. The summed E-state index contributed by atoms with van der Waals surface area (Å²) in [6, 6.07) is 0.410. The van der Waals surface area contributed by atoms with E-state index in [1.807, 2.05) is 22.9 Å². The molecule has 0 aromatic carbocycles. The van der Waals surface area contributed by atoms with E-state index in [1.54, 1.807) is 0 Å². The molecule has 1 aromatic rings. The van der Waals surface area contributed by atoms with Crippen molar-refractivity contribution in [2.75, 3.05) is 39.4 Å². The van der Waals surface area contributed by atoms with Gasteiger partial charge in [-0.2, -0.15) is 0 Å². The second-order valence-corrected chi connectivity index (χ2v) is 8.18. The summed E-state index contributed by atoms with van der Waals surface area (Å²) < 4.78 is 7.46. The fourth-order valence-electron chi connectivity index (χ4n) is 4.35. The smallest absolute Gasteiger partial charge is 0.248 e. The zero-order valence-electron chi connectivity index (χ0n) is 17.5. The standard InChI is InChI=1S/C21H34N4O3/c1-4-28-15-19(26)23-10-7-18(8-11-23)21(27)24-12-5-17(6-13-24)20-22-9-14-25(20)16(2)3/h9,14,16-18H,4-8,10-13,15H2,1-3H3. The fraction of sp³-hybridized carbons (Fsp3) is 0.762. The van der Waals surface area contributed by atoms with Gasteiger partial charge in [-0.05, 0) is 46.5 Å². The van der Waals surface area contributed by atoms with Crippen LogP contribution in [0.2, 0.25) is 0 Å². The lowest BCUT2D eigenvalue weighted by Gasteiger charge is -2.37. The Morgan fingerprint density at radius 1 is 1.11 bits per heavy atom. The molecule has 0 atom stereocenters. The monoisotopic (exact) mass is 390 g/mol. The summed E-state index contributed by atoms with van der Waals surface area (Å²) in [4.78, 5) is 33.4. The van der Waals surface area contributed by atoms with Gasteiger partial charge >= 0.3 is 0 Å². The normalized spacial score (nSPS) is 19.4. The number of hydrogen-bond donors (Lipinski definition) is 0. The number of hydrogen-bond acceptors (Lipinski definition) is 4. The molecule has 7 nitrogen and oxygen atoms in total. The molecule has 2 amide bonds. The van der Waals surface area contributed by atoms with Crippen molar-refractivity contribution in [1.29, 1.82) is 0 Å². The molecule has 3 heterocycles. The summed E-state index contributed by atoms with van der Waals surface area (Å²) in [5, 5.41) is 0. The number of imidazole rings is 1. The van der Waals surface area contributed by atoms with E-state index >= 15 is 0 Å². The maximum atomic E-state index is 12.9. The molecule has 1 aromatic heterocycles. The van der Waals surface area contributed by atoms with Crippen LogP contribution in [-0.2, 0) is 14.3 Å². The molecule has 0 bridgehead atoms. The van der Waals surface area contributed by atoms with Crippen LogP contribution in [0.15, 0.2) is 12.4 Å². The van der Waals surface area contributed by atoms with Crippen molar-refractivity contribution in [3.8, 4) is 0 Å². The highest BCUT2D eigenvalue weighted by atomic mass is 16.5. The van der Waals surface area contributed by atoms with E-state index in [4.69, 9.17) is 4.74 Å². The molecule has 2 saturated heterocycles. The number of carbonyl (C=O) groups excluding carboxylic acids is 2. The van der Waals surface area contributed by atoms with Crippen LogP contribution < -0.4 is 0 Å². The van der Waals surface area contributed by atoms with Crippen LogP contribution in [0.4, 0.5) is 0 Å². The van der Waals surface area contributed by atoms with E-state index in [9.17, 15) is 9.59 Å².